The Balaban J connectivity index is 1.53. The highest BCUT2D eigenvalue weighted by Gasteiger charge is 2.28. The Bertz CT molecular complexity index is 1900. The minimum absolute atomic E-state index is 0.185. The number of hydrogen-bond acceptors (Lipinski definition) is 3. The molecule has 40 heavy (non-hydrogen) atoms. The van der Waals surface area contributed by atoms with Crippen LogP contribution in [-0.4, -0.2) is 20.4 Å². The van der Waals surface area contributed by atoms with Gasteiger partial charge in [0.15, 0.2) is 0 Å². The van der Waals surface area contributed by atoms with Crippen LogP contribution in [0.1, 0.15) is 34.7 Å². The second-order valence-electron chi connectivity index (χ2n) is 9.76. The van der Waals surface area contributed by atoms with Crippen molar-refractivity contribution in [2.24, 2.45) is 0 Å². The fourth-order valence-electron chi connectivity index (χ4n) is 5.06. The normalized spacial score (nSPS) is 11.9. The number of rotatable bonds is 6. The molecule has 6 aromatic rings. The van der Waals surface area contributed by atoms with Crippen LogP contribution in [0.4, 0.5) is 4.39 Å². The van der Waals surface area contributed by atoms with Crippen molar-refractivity contribution >= 4 is 27.6 Å². The number of benzene rings is 5. The molecule has 0 radical (unpaired) electrons. The number of hydrogen-bond donors (Lipinski definition) is 0. The van der Waals surface area contributed by atoms with E-state index in [1.54, 1.807) is 35.2 Å². The predicted octanol–water partition coefficient (Wildman–Crippen LogP) is 7.08. The predicted molar refractivity (Wildman–Crippen MR) is 156 cm³/mol. The van der Waals surface area contributed by atoms with Crippen LogP contribution in [0, 0.1) is 5.82 Å². The Morgan fingerprint density at radius 2 is 1.50 bits per heavy atom. The van der Waals surface area contributed by atoms with Crippen LogP contribution >= 0.6 is 0 Å². The first-order valence-corrected chi connectivity index (χ1v) is 13.1. The molecular formula is C34H26FN3O2. The van der Waals surface area contributed by atoms with Gasteiger partial charge in [0, 0.05) is 12.1 Å². The number of amides is 1. The molecule has 5 nitrogen and oxygen atoms in total. The van der Waals surface area contributed by atoms with Gasteiger partial charge < -0.3 is 4.90 Å². The lowest BCUT2D eigenvalue weighted by Crippen LogP contribution is -2.37. The van der Waals surface area contributed by atoms with Gasteiger partial charge in [-0.25, -0.2) is 9.37 Å². The van der Waals surface area contributed by atoms with Crippen molar-refractivity contribution in [3.05, 3.63) is 154 Å². The molecule has 0 aliphatic rings. The standard InChI is InChI=1S/C34H26FN3O2/c1-23(32-36-31-14-8-7-13-30(31)34(40)38(32)29-19-17-28(35)18-20-29)37(22-24-9-3-2-4-10-24)33(39)27-16-15-25-11-5-6-12-26(25)21-27/h2-21,23H,22H2,1H3. The van der Waals surface area contributed by atoms with Crippen molar-refractivity contribution in [1.29, 1.82) is 0 Å². The van der Waals surface area contributed by atoms with Crippen LogP contribution in [-0.2, 0) is 6.54 Å². The fourth-order valence-corrected chi connectivity index (χ4v) is 5.06. The lowest BCUT2D eigenvalue weighted by molar-refractivity contribution is 0.0664. The maximum atomic E-state index is 14.2. The average Bonchev–Trinajstić information content (AvgIpc) is 3.00. The highest BCUT2D eigenvalue weighted by molar-refractivity contribution is 5.98. The first-order valence-electron chi connectivity index (χ1n) is 13.1. The smallest absolute Gasteiger partial charge is 0.266 e. The number of halogens is 1. The Morgan fingerprint density at radius 1 is 0.825 bits per heavy atom. The van der Waals surface area contributed by atoms with Gasteiger partial charge in [0.1, 0.15) is 11.6 Å². The summed E-state index contributed by atoms with van der Waals surface area (Å²) < 4.78 is 15.3. The molecule has 0 N–H and O–H groups in total. The van der Waals surface area contributed by atoms with Crippen LogP contribution in [0.5, 0.6) is 0 Å². The van der Waals surface area contributed by atoms with Crippen molar-refractivity contribution in [3.63, 3.8) is 0 Å². The van der Waals surface area contributed by atoms with Gasteiger partial charge >= 0.3 is 0 Å². The summed E-state index contributed by atoms with van der Waals surface area (Å²) >= 11 is 0. The number of carbonyl (C=O) groups is 1. The fraction of sp³-hybridized carbons (Fsp3) is 0.0882. The summed E-state index contributed by atoms with van der Waals surface area (Å²) in [5, 5.41) is 2.45. The van der Waals surface area contributed by atoms with Crippen molar-refractivity contribution in [3.8, 4) is 5.69 Å². The van der Waals surface area contributed by atoms with Crippen molar-refractivity contribution in [2.45, 2.75) is 19.5 Å². The summed E-state index contributed by atoms with van der Waals surface area (Å²) in [6.07, 6.45) is 0. The molecule has 6 heteroatoms. The quantitative estimate of drug-likeness (QED) is 0.233. The molecule has 196 valence electrons. The second-order valence-corrected chi connectivity index (χ2v) is 9.76. The number of aromatic nitrogens is 2. The molecule has 0 fully saturated rings. The minimum atomic E-state index is -0.610. The third-order valence-corrected chi connectivity index (χ3v) is 7.18. The molecule has 0 saturated heterocycles. The summed E-state index contributed by atoms with van der Waals surface area (Å²) in [5.41, 5.74) is 2.21. The zero-order chi connectivity index (χ0) is 27.6. The lowest BCUT2D eigenvalue weighted by Gasteiger charge is -2.31. The summed E-state index contributed by atoms with van der Waals surface area (Å²) in [6, 6.07) is 35.5. The van der Waals surface area contributed by atoms with Crippen LogP contribution in [0.15, 0.2) is 126 Å². The van der Waals surface area contributed by atoms with E-state index < -0.39 is 11.9 Å². The van der Waals surface area contributed by atoms with E-state index in [0.717, 1.165) is 16.3 Å². The third-order valence-electron chi connectivity index (χ3n) is 7.18. The van der Waals surface area contributed by atoms with Crippen molar-refractivity contribution < 1.29 is 9.18 Å². The topological polar surface area (TPSA) is 55.2 Å². The molecule has 1 aromatic heterocycles. The van der Waals surface area contributed by atoms with E-state index in [1.165, 1.54) is 16.7 Å². The van der Waals surface area contributed by atoms with Crippen LogP contribution < -0.4 is 5.56 Å². The van der Waals surface area contributed by atoms with Gasteiger partial charge in [0.05, 0.1) is 22.6 Å². The van der Waals surface area contributed by atoms with E-state index in [2.05, 4.69) is 0 Å². The first kappa shape index (κ1) is 25.2. The van der Waals surface area contributed by atoms with Gasteiger partial charge in [0.25, 0.3) is 11.5 Å². The van der Waals surface area contributed by atoms with Gasteiger partial charge in [-0.3, -0.25) is 14.2 Å². The molecule has 1 amide bonds. The number of nitrogens with zero attached hydrogens (tertiary/aromatic N) is 3. The van der Waals surface area contributed by atoms with Crippen molar-refractivity contribution in [1.82, 2.24) is 14.5 Å². The molecule has 6 rings (SSSR count). The van der Waals surface area contributed by atoms with Gasteiger partial charge in [-0.15, -0.1) is 0 Å². The van der Waals surface area contributed by atoms with Crippen molar-refractivity contribution in [2.75, 3.05) is 0 Å². The molecule has 0 spiro atoms. The lowest BCUT2D eigenvalue weighted by atomic mass is 10.0. The van der Waals surface area contributed by atoms with E-state index in [-0.39, 0.29) is 11.5 Å². The zero-order valence-corrected chi connectivity index (χ0v) is 21.9. The Hall–Kier alpha value is -5.10. The van der Waals surface area contributed by atoms with Gasteiger partial charge in [-0.1, -0.05) is 72.8 Å². The summed E-state index contributed by atoms with van der Waals surface area (Å²) in [5.74, 6) is -0.201. The molecule has 0 bridgehead atoms. The largest absolute Gasteiger partial charge is 0.324 e. The molecule has 1 heterocycles. The van der Waals surface area contributed by atoms with Crippen LogP contribution in [0.25, 0.3) is 27.4 Å². The summed E-state index contributed by atoms with van der Waals surface area (Å²) in [6.45, 7) is 2.18. The number of fused-ring (bicyclic) bond motifs is 2. The summed E-state index contributed by atoms with van der Waals surface area (Å²) in [4.78, 5) is 34.7. The number of para-hydroxylation sites is 1. The van der Waals surface area contributed by atoms with Crippen LogP contribution in [0.2, 0.25) is 0 Å². The second kappa shape index (κ2) is 10.6. The molecule has 1 atom stereocenters. The molecule has 0 saturated carbocycles. The summed E-state index contributed by atoms with van der Waals surface area (Å²) in [7, 11) is 0. The average molecular weight is 528 g/mol. The zero-order valence-electron chi connectivity index (χ0n) is 21.9. The van der Waals surface area contributed by atoms with E-state index >= 15 is 0 Å². The molecular weight excluding hydrogens is 501 g/mol. The number of carbonyl (C=O) groups excluding carboxylic acids is 1. The maximum absolute atomic E-state index is 14.2. The Morgan fingerprint density at radius 3 is 2.27 bits per heavy atom. The highest BCUT2D eigenvalue weighted by Crippen LogP contribution is 2.27. The van der Waals surface area contributed by atoms with Crippen LogP contribution in [0.3, 0.4) is 0 Å². The van der Waals surface area contributed by atoms with Gasteiger partial charge in [0.2, 0.25) is 0 Å². The molecule has 5 aromatic carbocycles. The van der Waals surface area contributed by atoms with E-state index in [4.69, 9.17) is 4.98 Å². The Kier molecular flexibility index (Phi) is 6.66. The minimum Gasteiger partial charge on any atom is -0.324 e. The molecule has 1 unspecified atom stereocenters. The monoisotopic (exact) mass is 527 g/mol. The third kappa shape index (κ3) is 4.76. The van der Waals surface area contributed by atoms with E-state index in [9.17, 15) is 14.0 Å². The maximum Gasteiger partial charge on any atom is 0.266 e. The highest BCUT2D eigenvalue weighted by atomic mass is 19.1. The van der Waals surface area contributed by atoms with E-state index in [1.807, 2.05) is 85.8 Å². The molecule has 0 aliphatic carbocycles. The van der Waals surface area contributed by atoms with Gasteiger partial charge in [-0.2, -0.15) is 0 Å². The van der Waals surface area contributed by atoms with Gasteiger partial charge in [-0.05, 0) is 71.8 Å². The van der Waals surface area contributed by atoms with E-state index in [0.29, 0.717) is 34.5 Å². The Labute approximate surface area is 230 Å². The molecule has 0 aliphatic heterocycles. The SMILES string of the molecule is CC(c1nc2ccccc2c(=O)n1-c1ccc(F)cc1)N(Cc1ccccc1)C(=O)c1ccc2ccccc2c1. The first-order chi connectivity index (χ1) is 19.5.